The van der Waals surface area contributed by atoms with Crippen LogP contribution in [0.25, 0.3) is 0 Å². The maximum atomic E-state index is 12.2. The van der Waals surface area contributed by atoms with Crippen LogP contribution in [0.4, 0.5) is 0 Å². The van der Waals surface area contributed by atoms with Crippen molar-refractivity contribution in [2.24, 2.45) is 0 Å². The summed E-state index contributed by atoms with van der Waals surface area (Å²) in [6, 6.07) is -0.791. The van der Waals surface area contributed by atoms with Crippen molar-refractivity contribution in [3.05, 3.63) is 0 Å². The maximum absolute atomic E-state index is 12.2. The molecule has 0 saturated carbocycles. The molecule has 0 spiro atoms. The fourth-order valence-electron chi connectivity index (χ4n) is 6.42. The Bertz CT molecular complexity index is 794. The van der Waals surface area contributed by atoms with E-state index in [1.54, 1.807) is 6.92 Å². The smallest absolute Gasteiger partial charge is 0.268 e. The molecule has 0 fully saturated rings. The van der Waals surface area contributed by atoms with Crippen molar-refractivity contribution in [1.29, 1.82) is 0 Å². The average Bonchev–Trinajstić information content (AvgIpc) is 3.06. The highest BCUT2D eigenvalue weighted by molar-refractivity contribution is 7.45. The molecule has 300 valence electrons. The second-order valence-electron chi connectivity index (χ2n) is 16.0. The van der Waals surface area contributed by atoms with Crippen LogP contribution < -0.4 is 10.2 Å². The van der Waals surface area contributed by atoms with Crippen molar-refractivity contribution >= 4 is 13.7 Å². The molecule has 0 aliphatic heterocycles. The molecule has 0 aromatic rings. The fraction of sp³-hybridized carbons (Fsp3) is 0.976. The van der Waals surface area contributed by atoms with Gasteiger partial charge in [-0.1, -0.05) is 194 Å². The summed E-state index contributed by atoms with van der Waals surface area (Å²) in [5, 5.41) is 13.4. The lowest BCUT2D eigenvalue weighted by molar-refractivity contribution is -0.870. The van der Waals surface area contributed by atoms with Crippen LogP contribution in [0.5, 0.6) is 0 Å². The number of unbranched alkanes of at least 4 members (excludes halogenated alkanes) is 27. The molecule has 8 nitrogen and oxygen atoms in total. The molecule has 2 N–H and O–H groups in total. The van der Waals surface area contributed by atoms with Gasteiger partial charge in [-0.25, -0.2) is 0 Å². The van der Waals surface area contributed by atoms with Gasteiger partial charge < -0.3 is 28.8 Å². The standard InChI is InChI=1S/C41H85N2O6P/c1-6-8-9-10-11-12-13-14-15-16-17-18-19-20-21-22-23-24-25-26-27-28-29-30-31-32-33-34-35-40(44)39(42-41(45)7-2)38-49-50(46,47)48-37-36-43(3,4)5/h39-40,44H,6-38H2,1-5H3,(H-,42,45,46,47). The maximum Gasteiger partial charge on any atom is 0.268 e. The number of hydrogen-bond acceptors (Lipinski definition) is 6. The van der Waals surface area contributed by atoms with E-state index in [1.165, 1.54) is 161 Å². The number of carbonyl (C=O) groups is 1. The van der Waals surface area contributed by atoms with Gasteiger partial charge in [0.25, 0.3) is 7.82 Å². The Morgan fingerprint density at radius 1 is 0.620 bits per heavy atom. The number of amides is 1. The lowest BCUT2D eigenvalue weighted by atomic mass is 10.0. The Morgan fingerprint density at radius 3 is 1.28 bits per heavy atom. The molecule has 0 radical (unpaired) electrons. The zero-order chi connectivity index (χ0) is 37.2. The highest BCUT2D eigenvalue weighted by atomic mass is 31.2. The zero-order valence-electron chi connectivity index (χ0n) is 33.9. The first-order valence-corrected chi connectivity index (χ1v) is 22.8. The van der Waals surface area contributed by atoms with E-state index in [4.69, 9.17) is 9.05 Å². The van der Waals surface area contributed by atoms with E-state index in [0.717, 1.165) is 19.3 Å². The summed E-state index contributed by atoms with van der Waals surface area (Å²) >= 11 is 0. The highest BCUT2D eigenvalue weighted by Gasteiger charge is 2.24. The summed E-state index contributed by atoms with van der Waals surface area (Å²) < 4.78 is 22.7. The fourth-order valence-corrected chi connectivity index (χ4v) is 7.14. The first kappa shape index (κ1) is 49.5. The van der Waals surface area contributed by atoms with Gasteiger partial charge in [0, 0.05) is 6.42 Å². The van der Waals surface area contributed by atoms with Crippen molar-refractivity contribution in [2.45, 2.75) is 219 Å². The van der Waals surface area contributed by atoms with Crippen molar-refractivity contribution in [3.63, 3.8) is 0 Å². The van der Waals surface area contributed by atoms with E-state index >= 15 is 0 Å². The summed E-state index contributed by atoms with van der Waals surface area (Å²) in [6.45, 7) is 4.19. The molecule has 0 saturated heterocycles. The number of rotatable bonds is 39. The first-order valence-electron chi connectivity index (χ1n) is 21.4. The van der Waals surface area contributed by atoms with E-state index in [9.17, 15) is 19.4 Å². The summed E-state index contributed by atoms with van der Waals surface area (Å²) in [5.74, 6) is -0.250. The molecule has 50 heavy (non-hydrogen) atoms. The molecule has 0 bridgehead atoms. The number of phosphoric ester groups is 1. The number of nitrogens with one attached hydrogen (secondary N) is 1. The molecule has 0 aromatic carbocycles. The number of aliphatic hydroxyl groups is 1. The Balaban J connectivity index is 3.63. The molecule has 0 heterocycles. The molecule has 0 aromatic heterocycles. The third kappa shape index (κ3) is 35.9. The van der Waals surface area contributed by atoms with Gasteiger partial charge in [0.15, 0.2) is 0 Å². The number of hydrogen-bond donors (Lipinski definition) is 2. The molecular formula is C41H85N2O6P. The van der Waals surface area contributed by atoms with Gasteiger partial charge in [0.2, 0.25) is 5.91 Å². The van der Waals surface area contributed by atoms with Crippen LogP contribution in [-0.4, -0.2) is 68.5 Å². The van der Waals surface area contributed by atoms with Crippen LogP contribution in [0.15, 0.2) is 0 Å². The van der Waals surface area contributed by atoms with E-state index in [0.29, 0.717) is 17.4 Å². The molecule has 3 unspecified atom stereocenters. The van der Waals surface area contributed by atoms with Crippen LogP contribution in [0.3, 0.4) is 0 Å². The average molecular weight is 733 g/mol. The van der Waals surface area contributed by atoms with Crippen LogP contribution >= 0.6 is 7.82 Å². The number of aliphatic hydroxyl groups excluding tert-OH is 1. The minimum absolute atomic E-state index is 0.0124. The van der Waals surface area contributed by atoms with Crippen molar-refractivity contribution < 1.29 is 32.9 Å². The predicted molar refractivity (Wildman–Crippen MR) is 210 cm³/mol. The number of nitrogens with zero attached hydrogens (tertiary/aromatic N) is 1. The third-order valence-corrected chi connectivity index (χ3v) is 10.9. The molecule has 9 heteroatoms. The second-order valence-corrected chi connectivity index (χ2v) is 17.4. The van der Waals surface area contributed by atoms with Gasteiger partial charge in [0.05, 0.1) is 39.9 Å². The monoisotopic (exact) mass is 733 g/mol. The minimum Gasteiger partial charge on any atom is -0.756 e. The molecule has 1 amide bonds. The van der Waals surface area contributed by atoms with E-state index in [2.05, 4.69) is 12.2 Å². The predicted octanol–water partition coefficient (Wildman–Crippen LogP) is 10.8. The lowest BCUT2D eigenvalue weighted by Crippen LogP contribution is -2.46. The van der Waals surface area contributed by atoms with Gasteiger partial charge in [-0.3, -0.25) is 9.36 Å². The largest absolute Gasteiger partial charge is 0.756 e. The van der Waals surface area contributed by atoms with E-state index in [-0.39, 0.29) is 25.5 Å². The number of phosphoric acid groups is 1. The lowest BCUT2D eigenvalue weighted by Gasteiger charge is -2.30. The van der Waals surface area contributed by atoms with Crippen LogP contribution in [-0.2, 0) is 18.4 Å². The minimum atomic E-state index is -4.52. The molecule has 3 atom stereocenters. The summed E-state index contributed by atoms with van der Waals surface area (Å²) in [6.07, 6.45) is 37.9. The molecule has 0 aliphatic carbocycles. The second kappa shape index (κ2) is 34.3. The van der Waals surface area contributed by atoms with E-state index < -0.39 is 20.0 Å². The van der Waals surface area contributed by atoms with Gasteiger partial charge in [-0.05, 0) is 6.42 Å². The Kier molecular flexibility index (Phi) is 33.9. The van der Waals surface area contributed by atoms with Gasteiger partial charge in [-0.2, -0.15) is 0 Å². The summed E-state index contributed by atoms with van der Waals surface area (Å²) in [4.78, 5) is 24.2. The number of carbonyl (C=O) groups excluding carboxylic acids is 1. The summed E-state index contributed by atoms with van der Waals surface area (Å²) in [5.41, 5.74) is 0. The molecule has 0 rings (SSSR count). The Hall–Kier alpha value is -0.500. The van der Waals surface area contributed by atoms with Crippen molar-refractivity contribution in [3.8, 4) is 0 Å². The van der Waals surface area contributed by atoms with Crippen molar-refractivity contribution in [2.75, 3.05) is 40.9 Å². The normalized spacial score (nSPS) is 14.5. The van der Waals surface area contributed by atoms with Crippen molar-refractivity contribution in [1.82, 2.24) is 5.32 Å². The first-order chi connectivity index (χ1) is 24.0. The number of likely N-dealkylation sites (N-methyl/N-ethyl adjacent to an activating group) is 1. The van der Waals surface area contributed by atoms with Gasteiger partial charge in [0.1, 0.15) is 13.2 Å². The quantitative estimate of drug-likeness (QED) is 0.0370. The third-order valence-electron chi connectivity index (χ3n) is 9.91. The van der Waals surface area contributed by atoms with Crippen LogP contribution in [0, 0.1) is 0 Å². The summed E-state index contributed by atoms with van der Waals surface area (Å²) in [7, 11) is 1.30. The Morgan fingerprint density at radius 2 is 0.960 bits per heavy atom. The SMILES string of the molecule is CCCCCCCCCCCCCCCCCCCCCCCCCCCCCCC(O)C(COP(=O)([O-])OCC[N+](C)(C)C)NC(=O)CC. The molecular weight excluding hydrogens is 647 g/mol. The molecule has 0 aliphatic rings. The zero-order valence-corrected chi connectivity index (χ0v) is 34.8. The van der Waals surface area contributed by atoms with E-state index in [1.807, 2.05) is 21.1 Å². The van der Waals surface area contributed by atoms with Crippen LogP contribution in [0.1, 0.15) is 206 Å². The van der Waals surface area contributed by atoms with Gasteiger partial charge in [-0.15, -0.1) is 0 Å². The Labute approximate surface area is 310 Å². The highest BCUT2D eigenvalue weighted by Crippen LogP contribution is 2.38. The van der Waals surface area contributed by atoms with Crippen LogP contribution in [0.2, 0.25) is 0 Å². The topological polar surface area (TPSA) is 108 Å². The van der Waals surface area contributed by atoms with Gasteiger partial charge >= 0.3 is 0 Å². The number of quaternary nitrogens is 1.